The van der Waals surface area contributed by atoms with E-state index in [2.05, 4.69) is 49.3 Å². The van der Waals surface area contributed by atoms with E-state index < -0.39 is 0 Å². The second kappa shape index (κ2) is 4.14. The van der Waals surface area contributed by atoms with E-state index in [1.54, 1.807) is 0 Å². The molecule has 0 amide bonds. The molecule has 0 N–H and O–H groups in total. The lowest BCUT2D eigenvalue weighted by Gasteiger charge is -2.08. The highest BCUT2D eigenvalue weighted by molar-refractivity contribution is 5.14. The molecule has 0 saturated heterocycles. The molecule has 1 rings (SSSR count). The van der Waals surface area contributed by atoms with Gasteiger partial charge >= 0.3 is 0 Å². The predicted molar refractivity (Wildman–Crippen MR) is 48.7 cm³/mol. The predicted octanol–water partition coefficient (Wildman–Crippen LogP) is 1.79. The third-order valence-corrected chi connectivity index (χ3v) is 1.69. The molecule has 0 aliphatic heterocycles. The Kier molecular flexibility index (Phi) is 3.12. The molecule has 0 aliphatic rings. The molecule has 0 spiro atoms. The van der Waals surface area contributed by atoms with Gasteiger partial charge in [-0.05, 0) is 26.1 Å². The Morgan fingerprint density at radius 1 is 1.09 bits per heavy atom. The summed E-state index contributed by atoms with van der Waals surface area (Å²) in [6.07, 6.45) is 1.15. The van der Waals surface area contributed by atoms with Crippen molar-refractivity contribution in [1.82, 2.24) is 4.90 Å². The lowest BCUT2D eigenvalue weighted by molar-refractivity contribution is 0.413. The Bertz CT molecular complexity index is 191. The Morgan fingerprint density at radius 3 is 2.27 bits per heavy atom. The molecule has 1 nitrogen and oxygen atoms in total. The highest BCUT2D eigenvalue weighted by Crippen LogP contribution is 1.99. The molecule has 11 heavy (non-hydrogen) atoms. The number of likely N-dealkylation sites (N-methyl/N-ethyl adjacent to an activating group) is 1. The van der Waals surface area contributed by atoms with Crippen molar-refractivity contribution < 1.29 is 0 Å². The standard InChI is InChI=1S/C10H15N/c1-11(2)9-8-10-6-4-3-5-7-10/h3-7H,8-9H2,1-2H3/i1-1. The van der Waals surface area contributed by atoms with Crippen molar-refractivity contribution >= 4 is 0 Å². The number of hydrogen-bond donors (Lipinski definition) is 0. The summed E-state index contributed by atoms with van der Waals surface area (Å²) in [5.74, 6) is 0. The Labute approximate surface area is 68.7 Å². The van der Waals surface area contributed by atoms with E-state index in [1.165, 1.54) is 5.56 Å². The van der Waals surface area contributed by atoms with Crippen LogP contribution in [0.5, 0.6) is 0 Å². The second-order valence-corrected chi connectivity index (χ2v) is 3.04. The summed E-state index contributed by atoms with van der Waals surface area (Å²) in [7, 11) is 4.20. The van der Waals surface area contributed by atoms with Crippen LogP contribution in [0.4, 0.5) is 0 Å². The molecule has 0 bridgehead atoms. The monoisotopic (exact) mass is 148 g/mol. The van der Waals surface area contributed by atoms with Crippen molar-refractivity contribution in [3.63, 3.8) is 0 Å². The van der Waals surface area contributed by atoms with Crippen LogP contribution in [0, 0.1) is 0 Å². The fourth-order valence-corrected chi connectivity index (χ4v) is 0.997. The van der Waals surface area contributed by atoms with E-state index in [1.807, 2.05) is 0 Å². The maximum atomic E-state index is 2.20. The van der Waals surface area contributed by atoms with Crippen molar-refractivity contribution in [3.8, 4) is 0 Å². The molecule has 0 saturated carbocycles. The van der Waals surface area contributed by atoms with Gasteiger partial charge in [-0.15, -0.1) is 0 Å². The Balaban J connectivity index is 2.39. The summed E-state index contributed by atoms with van der Waals surface area (Å²) in [6, 6.07) is 10.6. The number of benzene rings is 1. The average molecular weight is 148 g/mol. The maximum absolute atomic E-state index is 2.20. The lowest BCUT2D eigenvalue weighted by Crippen LogP contribution is -2.14. The van der Waals surface area contributed by atoms with Crippen molar-refractivity contribution in [3.05, 3.63) is 35.9 Å². The summed E-state index contributed by atoms with van der Waals surface area (Å²) in [4.78, 5) is 2.20. The maximum Gasteiger partial charge on any atom is 0.00157 e. The van der Waals surface area contributed by atoms with Crippen molar-refractivity contribution in [1.29, 1.82) is 0 Å². The molecule has 0 aliphatic carbocycles. The zero-order valence-electron chi connectivity index (χ0n) is 7.25. The summed E-state index contributed by atoms with van der Waals surface area (Å²) in [6.45, 7) is 1.13. The minimum absolute atomic E-state index is 1.13. The number of rotatable bonds is 3. The van der Waals surface area contributed by atoms with E-state index in [9.17, 15) is 0 Å². The van der Waals surface area contributed by atoms with Gasteiger partial charge in [0.05, 0.1) is 0 Å². The van der Waals surface area contributed by atoms with Crippen LogP contribution in [0.1, 0.15) is 5.56 Å². The zero-order valence-corrected chi connectivity index (χ0v) is 7.25. The summed E-state index contributed by atoms with van der Waals surface area (Å²) in [5.41, 5.74) is 1.42. The largest absolute Gasteiger partial charge is 0.309 e. The minimum atomic E-state index is 1.13. The fraction of sp³-hybridized carbons (Fsp3) is 0.400. The van der Waals surface area contributed by atoms with Crippen molar-refractivity contribution in [2.75, 3.05) is 20.6 Å². The van der Waals surface area contributed by atoms with Crippen LogP contribution in [-0.4, -0.2) is 25.5 Å². The van der Waals surface area contributed by atoms with Gasteiger partial charge in [-0.1, -0.05) is 30.3 Å². The topological polar surface area (TPSA) is 3.24 Å². The normalized spacial score (nSPS) is 10.5. The van der Waals surface area contributed by atoms with Crippen LogP contribution < -0.4 is 0 Å². The van der Waals surface area contributed by atoms with Crippen LogP contribution >= 0.6 is 0 Å². The van der Waals surface area contributed by atoms with Crippen molar-refractivity contribution in [2.24, 2.45) is 0 Å². The van der Waals surface area contributed by atoms with Gasteiger partial charge in [0.15, 0.2) is 0 Å². The molecule has 1 aromatic carbocycles. The molecule has 0 unspecified atom stereocenters. The second-order valence-electron chi connectivity index (χ2n) is 3.04. The molecule has 0 fully saturated rings. The summed E-state index contributed by atoms with van der Waals surface area (Å²) < 4.78 is 0. The van der Waals surface area contributed by atoms with Gasteiger partial charge in [0.2, 0.25) is 0 Å². The SMILES string of the molecule is CN([11CH3])CCc1ccccc1. The third-order valence-electron chi connectivity index (χ3n) is 1.69. The summed E-state index contributed by atoms with van der Waals surface area (Å²) >= 11 is 0. The molecule has 0 aromatic heterocycles. The van der Waals surface area contributed by atoms with Crippen LogP contribution in [0.15, 0.2) is 30.3 Å². The number of hydrogen-bond acceptors (Lipinski definition) is 1. The first-order chi connectivity index (χ1) is 5.29. The van der Waals surface area contributed by atoms with Gasteiger partial charge in [-0.2, -0.15) is 0 Å². The molecular formula is C10H15N. The molecule has 1 heteroatoms. The first-order valence-electron chi connectivity index (χ1n) is 3.97. The molecular weight excluding hydrogens is 133 g/mol. The highest BCUT2D eigenvalue weighted by atomic mass is 15.0. The van der Waals surface area contributed by atoms with E-state index in [0.717, 1.165) is 13.0 Å². The third kappa shape index (κ3) is 3.19. The fourth-order valence-electron chi connectivity index (χ4n) is 0.997. The van der Waals surface area contributed by atoms with Gasteiger partial charge in [0, 0.05) is 6.54 Å². The zero-order chi connectivity index (χ0) is 8.10. The average Bonchev–Trinajstić information content (AvgIpc) is 2.03. The van der Waals surface area contributed by atoms with E-state index in [4.69, 9.17) is 0 Å². The van der Waals surface area contributed by atoms with E-state index >= 15 is 0 Å². The number of nitrogens with zero attached hydrogens (tertiary/aromatic N) is 1. The van der Waals surface area contributed by atoms with Crippen molar-refractivity contribution in [2.45, 2.75) is 6.42 Å². The summed E-state index contributed by atoms with van der Waals surface area (Å²) in [5, 5.41) is 0. The first kappa shape index (κ1) is 8.28. The van der Waals surface area contributed by atoms with Crippen LogP contribution in [0.25, 0.3) is 0 Å². The van der Waals surface area contributed by atoms with Gasteiger partial charge in [-0.3, -0.25) is 0 Å². The van der Waals surface area contributed by atoms with Gasteiger partial charge in [0.1, 0.15) is 0 Å². The molecule has 0 radical (unpaired) electrons. The smallest absolute Gasteiger partial charge is 0.00157 e. The molecule has 60 valence electrons. The van der Waals surface area contributed by atoms with Gasteiger partial charge in [0.25, 0.3) is 0 Å². The molecule has 1 aromatic rings. The Morgan fingerprint density at radius 2 is 1.73 bits per heavy atom. The van der Waals surface area contributed by atoms with Gasteiger partial charge < -0.3 is 4.90 Å². The minimum Gasteiger partial charge on any atom is -0.309 e. The lowest BCUT2D eigenvalue weighted by atomic mass is 10.1. The van der Waals surface area contributed by atoms with Crippen LogP contribution in [0.2, 0.25) is 0 Å². The van der Waals surface area contributed by atoms with Gasteiger partial charge in [-0.25, -0.2) is 0 Å². The Hall–Kier alpha value is -0.820. The van der Waals surface area contributed by atoms with E-state index in [-0.39, 0.29) is 0 Å². The van der Waals surface area contributed by atoms with E-state index in [0.29, 0.717) is 0 Å². The highest BCUT2D eigenvalue weighted by Gasteiger charge is 1.91. The van der Waals surface area contributed by atoms with Crippen LogP contribution in [0.3, 0.4) is 0 Å². The molecule has 0 heterocycles. The molecule has 0 atom stereocenters. The van der Waals surface area contributed by atoms with Crippen LogP contribution in [-0.2, 0) is 6.42 Å². The quantitative estimate of drug-likeness (QED) is 0.631. The first-order valence-corrected chi connectivity index (χ1v) is 3.97.